The molecule has 0 bridgehead atoms. The molecule has 4 nitrogen and oxygen atoms in total. The van der Waals surface area contributed by atoms with Crippen molar-refractivity contribution in [3.8, 4) is 11.5 Å². The fraction of sp³-hybridized carbons (Fsp3) is 0.647. The second-order valence-electron chi connectivity index (χ2n) is 5.12. The zero-order valence-corrected chi connectivity index (χ0v) is 13.8. The minimum atomic E-state index is 0.198. The van der Waals surface area contributed by atoms with Crippen molar-refractivity contribution in [2.45, 2.75) is 46.3 Å². The monoisotopic (exact) mass is 295 g/mol. The molecular formula is C17H29NO3. The average Bonchev–Trinajstić information content (AvgIpc) is 2.50. The highest BCUT2D eigenvalue weighted by Gasteiger charge is 2.09. The Balaban J connectivity index is 2.73. The highest BCUT2D eigenvalue weighted by molar-refractivity contribution is 5.41. The number of rotatable bonds is 11. The van der Waals surface area contributed by atoms with Crippen LogP contribution in [0, 0.1) is 0 Å². The van der Waals surface area contributed by atoms with Crippen LogP contribution >= 0.6 is 0 Å². The van der Waals surface area contributed by atoms with E-state index in [1.54, 1.807) is 7.11 Å². The fourth-order valence-electron chi connectivity index (χ4n) is 1.80. The summed E-state index contributed by atoms with van der Waals surface area (Å²) >= 11 is 0. The molecular weight excluding hydrogens is 266 g/mol. The molecule has 0 saturated carbocycles. The van der Waals surface area contributed by atoms with Gasteiger partial charge in [-0.05, 0) is 25.8 Å². The minimum Gasteiger partial charge on any atom is -0.493 e. The summed E-state index contributed by atoms with van der Waals surface area (Å²) < 4.78 is 16.8. The predicted octanol–water partition coefficient (Wildman–Crippen LogP) is 3.39. The number of ether oxygens (including phenoxy) is 3. The smallest absolute Gasteiger partial charge is 0.127 e. The highest BCUT2D eigenvalue weighted by Crippen LogP contribution is 2.26. The van der Waals surface area contributed by atoms with E-state index in [1.165, 1.54) is 0 Å². The lowest BCUT2D eigenvalue weighted by molar-refractivity contribution is 0.197. The standard InChI is InChI=1S/C17H29NO3/c1-5-10-20-16-8-7-15(13-18-9-11-19-4)17(12-16)21-14(3)6-2/h7-8,12,14,18H,5-6,9-11,13H2,1-4H3. The van der Waals surface area contributed by atoms with Gasteiger partial charge in [0.05, 0.1) is 19.3 Å². The van der Waals surface area contributed by atoms with E-state index < -0.39 is 0 Å². The van der Waals surface area contributed by atoms with Crippen molar-refractivity contribution in [3.63, 3.8) is 0 Å². The van der Waals surface area contributed by atoms with Crippen molar-refractivity contribution < 1.29 is 14.2 Å². The summed E-state index contributed by atoms with van der Waals surface area (Å²) in [4.78, 5) is 0. The van der Waals surface area contributed by atoms with Crippen LogP contribution in [-0.4, -0.2) is 33.0 Å². The number of hydrogen-bond acceptors (Lipinski definition) is 4. The predicted molar refractivity (Wildman–Crippen MR) is 86.2 cm³/mol. The van der Waals surface area contributed by atoms with Crippen molar-refractivity contribution in [2.24, 2.45) is 0 Å². The van der Waals surface area contributed by atoms with E-state index in [2.05, 4.69) is 32.2 Å². The van der Waals surface area contributed by atoms with Gasteiger partial charge < -0.3 is 19.5 Å². The summed E-state index contributed by atoms with van der Waals surface area (Å²) in [7, 11) is 1.71. The Morgan fingerprint density at radius 2 is 2.00 bits per heavy atom. The second-order valence-corrected chi connectivity index (χ2v) is 5.12. The van der Waals surface area contributed by atoms with Crippen LogP contribution < -0.4 is 14.8 Å². The van der Waals surface area contributed by atoms with Crippen LogP contribution in [0.5, 0.6) is 11.5 Å². The molecule has 0 amide bonds. The van der Waals surface area contributed by atoms with Crippen molar-refractivity contribution in [1.82, 2.24) is 5.32 Å². The molecule has 120 valence electrons. The quantitative estimate of drug-likeness (QED) is 0.635. The van der Waals surface area contributed by atoms with Crippen LogP contribution in [-0.2, 0) is 11.3 Å². The summed E-state index contributed by atoms with van der Waals surface area (Å²) in [6, 6.07) is 6.07. The Morgan fingerprint density at radius 1 is 1.19 bits per heavy atom. The molecule has 0 aliphatic rings. The topological polar surface area (TPSA) is 39.7 Å². The molecule has 0 saturated heterocycles. The maximum atomic E-state index is 6.02. The number of benzene rings is 1. The first-order chi connectivity index (χ1) is 10.2. The maximum absolute atomic E-state index is 6.02. The van der Waals surface area contributed by atoms with E-state index in [9.17, 15) is 0 Å². The first kappa shape index (κ1) is 17.8. The molecule has 21 heavy (non-hydrogen) atoms. The van der Waals surface area contributed by atoms with E-state index in [-0.39, 0.29) is 6.10 Å². The van der Waals surface area contributed by atoms with Crippen LogP contribution in [0.2, 0.25) is 0 Å². The Kier molecular flexibility index (Phi) is 8.87. The van der Waals surface area contributed by atoms with E-state index in [4.69, 9.17) is 14.2 Å². The molecule has 1 aromatic rings. The molecule has 0 aliphatic carbocycles. The highest BCUT2D eigenvalue weighted by atomic mass is 16.5. The van der Waals surface area contributed by atoms with Crippen molar-refractivity contribution in [1.29, 1.82) is 0 Å². The van der Waals surface area contributed by atoms with Crippen molar-refractivity contribution in [2.75, 3.05) is 26.9 Å². The molecule has 0 radical (unpaired) electrons. The van der Waals surface area contributed by atoms with Crippen molar-refractivity contribution in [3.05, 3.63) is 23.8 Å². The summed E-state index contributed by atoms with van der Waals surface area (Å²) in [5.41, 5.74) is 1.15. The molecule has 4 heteroatoms. The van der Waals surface area contributed by atoms with Gasteiger partial charge in [-0.3, -0.25) is 0 Å². The van der Waals surface area contributed by atoms with Crippen LogP contribution in [0.25, 0.3) is 0 Å². The lowest BCUT2D eigenvalue weighted by Crippen LogP contribution is -2.20. The zero-order valence-electron chi connectivity index (χ0n) is 13.8. The lowest BCUT2D eigenvalue weighted by Gasteiger charge is -2.18. The Bertz CT molecular complexity index is 396. The molecule has 0 heterocycles. The van der Waals surface area contributed by atoms with Crippen LogP contribution in [0.4, 0.5) is 0 Å². The lowest BCUT2D eigenvalue weighted by atomic mass is 10.1. The summed E-state index contributed by atoms with van der Waals surface area (Å²) in [5, 5.41) is 3.35. The van der Waals surface area contributed by atoms with Crippen LogP contribution in [0.3, 0.4) is 0 Å². The normalized spacial score (nSPS) is 12.2. The zero-order chi connectivity index (χ0) is 15.5. The van der Waals surface area contributed by atoms with Gasteiger partial charge in [-0.15, -0.1) is 0 Å². The molecule has 0 aromatic heterocycles. The van der Waals surface area contributed by atoms with Crippen LogP contribution in [0.1, 0.15) is 39.2 Å². The van der Waals surface area contributed by atoms with Gasteiger partial charge in [0.1, 0.15) is 11.5 Å². The van der Waals surface area contributed by atoms with Gasteiger partial charge in [0.2, 0.25) is 0 Å². The molecule has 0 fully saturated rings. The van der Waals surface area contributed by atoms with Gasteiger partial charge in [0.15, 0.2) is 0 Å². The van der Waals surface area contributed by atoms with Crippen molar-refractivity contribution >= 4 is 0 Å². The van der Waals surface area contributed by atoms with E-state index >= 15 is 0 Å². The largest absolute Gasteiger partial charge is 0.493 e. The first-order valence-corrected chi connectivity index (χ1v) is 7.83. The van der Waals surface area contributed by atoms with Gasteiger partial charge in [-0.2, -0.15) is 0 Å². The van der Waals surface area contributed by atoms with Crippen LogP contribution in [0.15, 0.2) is 18.2 Å². The number of nitrogens with one attached hydrogen (secondary N) is 1. The Morgan fingerprint density at radius 3 is 2.67 bits per heavy atom. The average molecular weight is 295 g/mol. The van der Waals surface area contributed by atoms with Gasteiger partial charge >= 0.3 is 0 Å². The molecule has 1 rings (SSSR count). The third kappa shape index (κ3) is 6.82. The molecule has 0 aliphatic heterocycles. The third-order valence-electron chi connectivity index (χ3n) is 3.21. The van der Waals surface area contributed by atoms with Gasteiger partial charge in [0.25, 0.3) is 0 Å². The summed E-state index contributed by atoms with van der Waals surface area (Å²) in [6.45, 7) is 9.34. The molecule has 1 unspecified atom stereocenters. The minimum absolute atomic E-state index is 0.198. The SMILES string of the molecule is CCCOc1ccc(CNCCOC)c(OC(C)CC)c1. The molecule has 0 spiro atoms. The summed E-state index contributed by atoms with van der Waals surface area (Å²) in [5.74, 6) is 1.78. The first-order valence-electron chi connectivity index (χ1n) is 7.83. The second kappa shape index (κ2) is 10.5. The Hall–Kier alpha value is -1.26. The van der Waals surface area contributed by atoms with E-state index in [0.717, 1.165) is 49.6 Å². The molecule has 1 atom stereocenters. The van der Waals surface area contributed by atoms with Gasteiger partial charge in [-0.25, -0.2) is 0 Å². The fourth-order valence-corrected chi connectivity index (χ4v) is 1.80. The maximum Gasteiger partial charge on any atom is 0.127 e. The van der Waals surface area contributed by atoms with Gasteiger partial charge in [0, 0.05) is 31.8 Å². The summed E-state index contributed by atoms with van der Waals surface area (Å²) in [6.07, 6.45) is 2.18. The molecule has 1 N–H and O–H groups in total. The third-order valence-corrected chi connectivity index (χ3v) is 3.21. The Labute approximate surface area is 128 Å². The number of hydrogen-bond donors (Lipinski definition) is 1. The van der Waals surface area contributed by atoms with E-state index in [0.29, 0.717) is 6.61 Å². The molecule has 1 aromatic carbocycles. The van der Waals surface area contributed by atoms with Gasteiger partial charge in [-0.1, -0.05) is 19.9 Å². The number of methoxy groups -OCH3 is 1. The van der Waals surface area contributed by atoms with E-state index in [1.807, 2.05) is 12.1 Å².